The zero-order valence-electron chi connectivity index (χ0n) is 9.40. The summed E-state index contributed by atoms with van der Waals surface area (Å²) in [6, 6.07) is 3.27. The molecular weight excluding hydrogens is 190 g/mol. The Labute approximate surface area is 91.1 Å². The number of nitrogens with zero attached hydrogens (tertiary/aromatic N) is 1. The maximum Gasteiger partial charge on any atom is 0.215 e. The van der Waals surface area contributed by atoms with Crippen molar-refractivity contribution < 1.29 is 9.21 Å². The van der Waals surface area contributed by atoms with Gasteiger partial charge in [0.15, 0.2) is 5.76 Å². The van der Waals surface area contributed by atoms with Gasteiger partial charge in [-0.3, -0.25) is 9.69 Å². The number of carbonyl (C=O) groups is 1. The van der Waals surface area contributed by atoms with Crippen molar-refractivity contribution in [3.63, 3.8) is 0 Å². The van der Waals surface area contributed by atoms with Crippen molar-refractivity contribution in [2.45, 2.75) is 26.3 Å². The molecule has 3 heteroatoms. The van der Waals surface area contributed by atoms with E-state index < -0.39 is 0 Å². The van der Waals surface area contributed by atoms with Crippen LogP contribution in [0.5, 0.6) is 0 Å². The van der Waals surface area contributed by atoms with E-state index in [1.807, 2.05) is 13.8 Å². The summed E-state index contributed by atoms with van der Waals surface area (Å²) in [7, 11) is 0. The number of rotatable bonds is 6. The summed E-state index contributed by atoms with van der Waals surface area (Å²) in [4.78, 5) is 14.1. The first-order valence-corrected chi connectivity index (χ1v) is 5.35. The van der Waals surface area contributed by atoms with E-state index >= 15 is 0 Å². The van der Waals surface area contributed by atoms with Gasteiger partial charge in [0.05, 0.1) is 12.3 Å². The number of hydrogen-bond donors (Lipinski definition) is 0. The van der Waals surface area contributed by atoms with Gasteiger partial charge in [-0.25, -0.2) is 0 Å². The number of carbonyl (C=O) groups excluding carboxylic acids is 1. The minimum atomic E-state index is -0.161. The first kappa shape index (κ1) is 12.0. The monoisotopic (exact) mass is 208 g/mol. The van der Waals surface area contributed by atoms with E-state index in [1.165, 1.54) is 6.26 Å². The third kappa shape index (κ3) is 2.69. The molecule has 0 amide bonds. The largest absolute Gasteiger partial charge is 0.461 e. The third-order valence-corrected chi connectivity index (χ3v) is 2.59. The second kappa shape index (κ2) is 5.71. The van der Waals surface area contributed by atoms with Gasteiger partial charge >= 0.3 is 0 Å². The van der Waals surface area contributed by atoms with Gasteiger partial charge in [-0.1, -0.05) is 20.8 Å². The Kier molecular flexibility index (Phi) is 4.56. The van der Waals surface area contributed by atoms with Crippen molar-refractivity contribution in [3.8, 4) is 0 Å². The molecule has 0 saturated carbocycles. The van der Waals surface area contributed by atoms with Crippen LogP contribution in [0.3, 0.4) is 0 Å². The van der Waals surface area contributed by atoms with Crippen molar-refractivity contribution in [2.75, 3.05) is 13.1 Å². The average molecular weight is 208 g/mol. The molecule has 1 unspecified atom stereocenters. The average Bonchev–Trinajstić information content (AvgIpc) is 2.78. The van der Waals surface area contributed by atoms with Gasteiger partial charge in [-0.15, -0.1) is 0 Å². The van der Waals surface area contributed by atoms with Crippen LogP contribution >= 0.6 is 0 Å². The van der Waals surface area contributed by atoms with Crippen LogP contribution in [0.25, 0.3) is 0 Å². The van der Waals surface area contributed by atoms with Crippen LogP contribution in [0.15, 0.2) is 22.8 Å². The van der Waals surface area contributed by atoms with Crippen LogP contribution in [-0.2, 0) is 0 Å². The topological polar surface area (TPSA) is 33.5 Å². The fourth-order valence-electron chi connectivity index (χ4n) is 1.73. The quantitative estimate of drug-likeness (QED) is 0.673. The van der Waals surface area contributed by atoms with Gasteiger partial charge in [0.25, 0.3) is 0 Å². The summed E-state index contributed by atoms with van der Waals surface area (Å²) in [5.41, 5.74) is 0. The Bertz CT molecular complexity index is 289. The number of likely N-dealkylation sites (N-methyl/N-ethyl adjacent to an activating group) is 1. The second-order valence-corrected chi connectivity index (χ2v) is 3.37. The standard InChI is InChI=1S/C12H18NO2/c1-4-10(13(5-2)6-3)12(14)11-8-7-9-15-11/h7-10H,1,4-6H2,2-3H3. The lowest BCUT2D eigenvalue weighted by Gasteiger charge is -2.26. The molecule has 3 nitrogen and oxygen atoms in total. The van der Waals surface area contributed by atoms with Crippen molar-refractivity contribution in [3.05, 3.63) is 31.1 Å². The molecule has 0 aromatic carbocycles. The lowest BCUT2D eigenvalue weighted by molar-refractivity contribution is 0.0804. The highest BCUT2D eigenvalue weighted by Crippen LogP contribution is 2.12. The summed E-state index contributed by atoms with van der Waals surface area (Å²) < 4.78 is 5.11. The molecule has 0 aliphatic rings. The van der Waals surface area contributed by atoms with E-state index in [-0.39, 0.29) is 11.8 Å². The number of hydrogen-bond acceptors (Lipinski definition) is 3. The zero-order chi connectivity index (χ0) is 11.3. The Hall–Kier alpha value is -1.09. The van der Waals surface area contributed by atoms with Crippen LogP contribution < -0.4 is 0 Å². The maximum atomic E-state index is 12.0. The van der Waals surface area contributed by atoms with E-state index in [9.17, 15) is 4.79 Å². The normalized spacial score (nSPS) is 13.1. The molecule has 0 saturated heterocycles. The molecule has 1 aromatic rings. The molecule has 1 aromatic heterocycles. The van der Waals surface area contributed by atoms with E-state index in [4.69, 9.17) is 4.42 Å². The summed E-state index contributed by atoms with van der Waals surface area (Å²) in [6.07, 6.45) is 2.09. The van der Waals surface area contributed by atoms with Crippen molar-refractivity contribution in [1.82, 2.24) is 4.90 Å². The fourth-order valence-corrected chi connectivity index (χ4v) is 1.73. The Balaban J connectivity index is 2.78. The predicted octanol–water partition coefficient (Wildman–Crippen LogP) is 2.40. The van der Waals surface area contributed by atoms with Crippen LogP contribution in [-0.4, -0.2) is 29.8 Å². The van der Waals surface area contributed by atoms with Gasteiger partial charge in [0.1, 0.15) is 0 Å². The number of ketones is 1. The van der Waals surface area contributed by atoms with Crippen LogP contribution in [0.4, 0.5) is 0 Å². The molecule has 0 bridgehead atoms. The summed E-state index contributed by atoms with van der Waals surface area (Å²) in [5, 5.41) is 0. The smallest absolute Gasteiger partial charge is 0.215 e. The van der Waals surface area contributed by atoms with Crippen molar-refractivity contribution in [1.29, 1.82) is 0 Å². The maximum absolute atomic E-state index is 12.0. The molecule has 0 aliphatic carbocycles. The molecule has 1 rings (SSSR count). The zero-order valence-corrected chi connectivity index (χ0v) is 9.40. The van der Waals surface area contributed by atoms with E-state index in [2.05, 4.69) is 11.8 Å². The molecule has 83 valence electrons. The SMILES string of the molecule is [CH2]CC(C(=O)c1ccco1)N(CC)CC. The molecule has 15 heavy (non-hydrogen) atoms. The molecule has 1 radical (unpaired) electrons. The fraction of sp³-hybridized carbons (Fsp3) is 0.500. The Morgan fingerprint density at radius 1 is 1.53 bits per heavy atom. The molecule has 1 heterocycles. The van der Waals surface area contributed by atoms with E-state index in [0.717, 1.165) is 13.1 Å². The minimum absolute atomic E-state index is 0.0266. The first-order chi connectivity index (χ1) is 7.24. The lowest BCUT2D eigenvalue weighted by atomic mass is 10.1. The highest BCUT2D eigenvalue weighted by Gasteiger charge is 2.24. The Morgan fingerprint density at radius 3 is 2.60 bits per heavy atom. The summed E-state index contributed by atoms with van der Waals surface area (Å²) in [5.74, 6) is 0.453. The molecule has 0 spiro atoms. The van der Waals surface area contributed by atoms with Gasteiger partial charge in [0, 0.05) is 0 Å². The lowest BCUT2D eigenvalue weighted by Crippen LogP contribution is -2.40. The molecule has 0 fully saturated rings. The van der Waals surface area contributed by atoms with Gasteiger partial charge < -0.3 is 4.42 Å². The summed E-state index contributed by atoms with van der Waals surface area (Å²) in [6.45, 7) is 9.62. The van der Waals surface area contributed by atoms with Crippen molar-refractivity contribution in [2.24, 2.45) is 0 Å². The number of furan rings is 1. The third-order valence-electron chi connectivity index (χ3n) is 2.59. The van der Waals surface area contributed by atoms with E-state index in [1.54, 1.807) is 12.1 Å². The molecular formula is C12H18NO2. The number of Topliss-reactive ketones (excluding diaryl/α,β-unsaturated/α-hetero) is 1. The Morgan fingerprint density at radius 2 is 2.20 bits per heavy atom. The highest BCUT2D eigenvalue weighted by atomic mass is 16.3. The van der Waals surface area contributed by atoms with Gasteiger partial charge in [0.2, 0.25) is 5.78 Å². The second-order valence-electron chi connectivity index (χ2n) is 3.37. The molecule has 1 atom stereocenters. The van der Waals surface area contributed by atoms with Crippen LogP contribution in [0, 0.1) is 6.92 Å². The van der Waals surface area contributed by atoms with Crippen LogP contribution in [0.2, 0.25) is 0 Å². The van der Waals surface area contributed by atoms with Gasteiger partial charge in [-0.05, 0) is 31.6 Å². The van der Waals surface area contributed by atoms with Crippen LogP contribution in [0.1, 0.15) is 30.8 Å². The first-order valence-electron chi connectivity index (χ1n) is 5.35. The van der Waals surface area contributed by atoms with E-state index in [0.29, 0.717) is 12.2 Å². The predicted molar refractivity (Wildman–Crippen MR) is 59.7 cm³/mol. The molecule has 0 aliphatic heterocycles. The van der Waals surface area contributed by atoms with Crippen molar-refractivity contribution >= 4 is 5.78 Å². The van der Waals surface area contributed by atoms with Gasteiger partial charge in [-0.2, -0.15) is 0 Å². The summed E-state index contributed by atoms with van der Waals surface area (Å²) >= 11 is 0. The minimum Gasteiger partial charge on any atom is -0.461 e. The molecule has 0 N–H and O–H groups in total. The highest BCUT2D eigenvalue weighted by molar-refractivity contribution is 5.97.